The van der Waals surface area contributed by atoms with Gasteiger partial charge in [0.05, 0.1) is 0 Å². The van der Waals surface area contributed by atoms with Crippen LogP contribution in [0.1, 0.15) is 44.7 Å². The molecule has 0 unspecified atom stereocenters. The van der Waals surface area contributed by atoms with Crippen LogP contribution in [0, 0.1) is 0 Å². The van der Waals surface area contributed by atoms with E-state index in [4.69, 9.17) is 0 Å². The molecule has 0 aromatic heterocycles. The van der Waals surface area contributed by atoms with E-state index in [-0.39, 0.29) is 11.8 Å². The molecule has 0 nitrogen and oxygen atoms in total. The van der Waals surface area contributed by atoms with Gasteiger partial charge in [0.1, 0.15) is 0 Å². The number of rotatable bonds is 6. The SMILES string of the molecule is CCC(C)(C)c1ccc(CCCP(C)(F)(F)F)cc1. The molecule has 0 amide bonds. The number of benzene rings is 1. The minimum absolute atomic E-state index is 0.129. The third-order valence-electron chi connectivity index (χ3n) is 3.72. The van der Waals surface area contributed by atoms with Gasteiger partial charge in [0.2, 0.25) is 0 Å². The van der Waals surface area contributed by atoms with Crippen molar-refractivity contribution in [1.29, 1.82) is 0 Å². The number of hydrogen-bond acceptors (Lipinski definition) is 0. The zero-order valence-corrected chi connectivity index (χ0v) is 13.1. The molecule has 0 fully saturated rings. The van der Waals surface area contributed by atoms with Crippen LogP contribution in [0.5, 0.6) is 0 Å². The summed E-state index contributed by atoms with van der Waals surface area (Å²) in [5.41, 5.74) is 2.37. The molecule has 0 aliphatic carbocycles. The second kappa shape index (κ2) is 5.44. The van der Waals surface area contributed by atoms with E-state index in [9.17, 15) is 12.6 Å². The summed E-state index contributed by atoms with van der Waals surface area (Å²) in [5.74, 6) is 0. The van der Waals surface area contributed by atoms with Crippen molar-refractivity contribution in [2.75, 3.05) is 12.8 Å². The zero-order chi connectivity index (χ0) is 14.8. The number of hydrogen-bond donors (Lipinski definition) is 0. The molecule has 0 N–H and O–H groups in total. The summed E-state index contributed by atoms with van der Waals surface area (Å²) in [6, 6.07) is 8.02. The van der Waals surface area contributed by atoms with Gasteiger partial charge >= 0.3 is 114 Å². The molecule has 0 saturated heterocycles. The molecular weight excluding hydrogens is 268 g/mol. The Bertz CT molecular complexity index is 406. The van der Waals surface area contributed by atoms with E-state index in [1.54, 1.807) is 0 Å². The predicted octanol–water partition coefficient (Wildman–Crippen LogP) is 6.14. The quantitative estimate of drug-likeness (QED) is 0.552. The molecule has 1 aromatic rings. The van der Waals surface area contributed by atoms with E-state index < -0.39 is 13.7 Å². The molecule has 1 rings (SSSR count). The van der Waals surface area contributed by atoms with Gasteiger partial charge in [-0.15, -0.1) is 0 Å². The first kappa shape index (κ1) is 16.5. The number of aryl methyl sites for hydroxylation is 1. The van der Waals surface area contributed by atoms with Crippen LogP contribution >= 0.6 is 7.54 Å². The summed E-state index contributed by atoms with van der Waals surface area (Å²) in [6.07, 6.45) is 1.15. The number of halogens is 3. The summed E-state index contributed by atoms with van der Waals surface area (Å²) in [7, 11) is -5.82. The van der Waals surface area contributed by atoms with Gasteiger partial charge in [0, 0.05) is 0 Å². The van der Waals surface area contributed by atoms with Crippen molar-refractivity contribution in [1.82, 2.24) is 0 Å². The van der Waals surface area contributed by atoms with Crippen molar-refractivity contribution in [2.45, 2.75) is 45.4 Å². The summed E-state index contributed by atoms with van der Waals surface area (Å²) in [5, 5.41) is 0. The molecule has 0 aliphatic rings. The van der Waals surface area contributed by atoms with Crippen molar-refractivity contribution >= 4 is 7.54 Å². The summed E-state index contributed by atoms with van der Waals surface area (Å²) in [4.78, 5) is 0. The Morgan fingerprint density at radius 2 is 1.58 bits per heavy atom. The fraction of sp³-hybridized carbons (Fsp3) is 0.600. The van der Waals surface area contributed by atoms with Crippen LogP contribution in [0.25, 0.3) is 0 Å². The first-order valence-corrected chi connectivity index (χ1v) is 9.30. The van der Waals surface area contributed by atoms with E-state index in [0.29, 0.717) is 13.1 Å². The van der Waals surface area contributed by atoms with Gasteiger partial charge in [0.25, 0.3) is 0 Å². The van der Waals surface area contributed by atoms with Crippen molar-refractivity contribution in [3.8, 4) is 0 Å². The van der Waals surface area contributed by atoms with E-state index in [1.165, 1.54) is 5.56 Å². The van der Waals surface area contributed by atoms with Gasteiger partial charge in [-0.3, -0.25) is 0 Å². The second-order valence-electron chi connectivity index (χ2n) is 6.14. The Labute approximate surface area is 114 Å². The first-order chi connectivity index (χ1) is 8.50. The molecule has 4 heteroatoms. The van der Waals surface area contributed by atoms with Gasteiger partial charge in [-0.2, -0.15) is 0 Å². The third kappa shape index (κ3) is 5.95. The van der Waals surface area contributed by atoms with Crippen LogP contribution < -0.4 is 0 Å². The maximum atomic E-state index is 12.8. The molecule has 0 aliphatic heterocycles. The van der Waals surface area contributed by atoms with Crippen molar-refractivity contribution < 1.29 is 12.6 Å². The van der Waals surface area contributed by atoms with Crippen LogP contribution in [0.2, 0.25) is 0 Å². The molecule has 0 heterocycles. The van der Waals surface area contributed by atoms with E-state index in [0.717, 1.165) is 12.0 Å². The average Bonchev–Trinajstić information content (AvgIpc) is 2.27. The van der Waals surface area contributed by atoms with Gasteiger partial charge < -0.3 is 0 Å². The fourth-order valence-electron chi connectivity index (χ4n) is 1.95. The van der Waals surface area contributed by atoms with Crippen LogP contribution in [0.15, 0.2) is 24.3 Å². The summed E-state index contributed by atoms with van der Waals surface area (Å²) in [6.45, 7) is 6.97. The normalized spacial score (nSPS) is 15.0. The molecule has 0 saturated carbocycles. The molecule has 19 heavy (non-hydrogen) atoms. The van der Waals surface area contributed by atoms with Gasteiger partial charge in [-0.25, -0.2) is 0 Å². The van der Waals surface area contributed by atoms with Crippen LogP contribution in [-0.4, -0.2) is 12.8 Å². The van der Waals surface area contributed by atoms with Crippen LogP contribution in [0.4, 0.5) is 12.6 Å². The van der Waals surface area contributed by atoms with Crippen LogP contribution in [0.3, 0.4) is 0 Å². The standard InChI is InChI=1S/C15H24F3P/c1-5-15(2,3)14-10-8-13(9-11-14)7-6-12-19(4,16,17)18/h8-11H,5-7,12H2,1-4H3. The van der Waals surface area contributed by atoms with Gasteiger partial charge in [-0.1, -0.05) is 0 Å². The minimum atomic E-state index is -5.82. The van der Waals surface area contributed by atoms with E-state index in [2.05, 4.69) is 20.8 Å². The zero-order valence-electron chi connectivity index (χ0n) is 12.2. The monoisotopic (exact) mass is 292 g/mol. The van der Waals surface area contributed by atoms with E-state index >= 15 is 0 Å². The Hall–Kier alpha value is -0.560. The Morgan fingerprint density at radius 1 is 1.05 bits per heavy atom. The van der Waals surface area contributed by atoms with Crippen molar-refractivity contribution in [3.63, 3.8) is 0 Å². The van der Waals surface area contributed by atoms with Crippen LogP contribution in [-0.2, 0) is 11.8 Å². The Balaban J connectivity index is 2.59. The fourth-order valence-corrected chi connectivity index (χ4v) is 2.78. The second-order valence-corrected chi connectivity index (χ2v) is 9.33. The molecule has 110 valence electrons. The Morgan fingerprint density at radius 3 is 2.00 bits per heavy atom. The van der Waals surface area contributed by atoms with E-state index in [1.807, 2.05) is 24.3 Å². The van der Waals surface area contributed by atoms with Gasteiger partial charge in [-0.05, 0) is 0 Å². The first-order valence-electron chi connectivity index (χ1n) is 6.76. The topological polar surface area (TPSA) is 0 Å². The molecule has 0 spiro atoms. The summed E-state index contributed by atoms with van der Waals surface area (Å²) >= 11 is 0. The maximum absolute atomic E-state index is 12.8. The predicted molar refractivity (Wildman–Crippen MR) is 79.1 cm³/mol. The average molecular weight is 292 g/mol. The third-order valence-corrected chi connectivity index (χ3v) is 4.99. The van der Waals surface area contributed by atoms with Crippen molar-refractivity contribution in [3.05, 3.63) is 35.4 Å². The molecule has 0 bridgehead atoms. The Kier molecular flexibility index (Phi) is 4.72. The molecule has 1 aromatic carbocycles. The summed E-state index contributed by atoms with van der Waals surface area (Å²) < 4.78 is 38.5. The molecule has 0 radical (unpaired) electrons. The molecular formula is C15H24F3P. The van der Waals surface area contributed by atoms with Gasteiger partial charge in [0.15, 0.2) is 0 Å². The molecule has 0 atom stereocenters. The van der Waals surface area contributed by atoms with Crippen molar-refractivity contribution in [2.24, 2.45) is 0 Å².